The third-order valence-corrected chi connectivity index (χ3v) is 1.77. The van der Waals surface area contributed by atoms with Crippen LogP contribution in [0.15, 0.2) is 48.6 Å². The summed E-state index contributed by atoms with van der Waals surface area (Å²) >= 11 is 0. The molecule has 0 spiro atoms. The van der Waals surface area contributed by atoms with Gasteiger partial charge in [-0.15, -0.1) is 0 Å². The van der Waals surface area contributed by atoms with Crippen LogP contribution < -0.4 is 0 Å². The molecule has 2 rings (SSSR count). The SMILES string of the molecule is C=C1CN(C(=O)O)C1.c1ccccc1. The fourth-order valence-corrected chi connectivity index (χ4v) is 1.01. The Morgan fingerprint density at radius 1 is 1.14 bits per heavy atom. The number of carboxylic acid groups (broad SMARTS) is 1. The zero-order valence-electron chi connectivity index (χ0n) is 7.89. The smallest absolute Gasteiger partial charge is 0.407 e. The first kappa shape index (κ1) is 10.3. The van der Waals surface area contributed by atoms with E-state index in [9.17, 15) is 4.79 Å². The van der Waals surface area contributed by atoms with Gasteiger partial charge in [0.25, 0.3) is 0 Å². The van der Waals surface area contributed by atoms with Crippen LogP contribution in [-0.2, 0) is 0 Å². The van der Waals surface area contributed by atoms with Gasteiger partial charge < -0.3 is 10.0 Å². The van der Waals surface area contributed by atoms with Gasteiger partial charge in [0.2, 0.25) is 0 Å². The summed E-state index contributed by atoms with van der Waals surface area (Å²) in [4.78, 5) is 11.3. The van der Waals surface area contributed by atoms with E-state index in [-0.39, 0.29) is 0 Å². The van der Waals surface area contributed by atoms with Crippen molar-refractivity contribution in [2.45, 2.75) is 0 Å². The van der Waals surface area contributed by atoms with Gasteiger partial charge in [-0.2, -0.15) is 0 Å². The number of likely N-dealkylation sites (tertiary alicyclic amines) is 1. The van der Waals surface area contributed by atoms with Crippen molar-refractivity contribution >= 4 is 6.09 Å². The number of carbonyl (C=O) groups is 1. The minimum atomic E-state index is -0.850. The van der Waals surface area contributed by atoms with Crippen LogP contribution in [0.25, 0.3) is 0 Å². The highest BCUT2D eigenvalue weighted by atomic mass is 16.4. The summed E-state index contributed by atoms with van der Waals surface area (Å²) in [5.41, 5.74) is 0.993. The zero-order valence-corrected chi connectivity index (χ0v) is 7.89. The van der Waals surface area contributed by atoms with E-state index in [2.05, 4.69) is 6.58 Å². The Morgan fingerprint density at radius 2 is 1.50 bits per heavy atom. The number of rotatable bonds is 0. The molecule has 0 unspecified atom stereocenters. The van der Waals surface area contributed by atoms with Crippen LogP contribution in [0, 0.1) is 0 Å². The quantitative estimate of drug-likeness (QED) is 0.639. The summed E-state index contributed by atoms with van der Waals surface area (Å²) < 4.78 is 0. The normalized spacial score (nSPS) is 13.7. The lowest BCUT2D eigenvalue weighted by atomic mass is 10.1. The van der Waals surface area contributed by atoms with Gasteiger partial charge >= 0.3 is 6.09 Å². The third kappa shape index (κ3) is 3.31. The summed E-state index contributed by atoms with van der Waals surface area (Å²) in [7, 11) is 0. The van der Waals surface area contributed by atoms with Crippen LogP contribution in [0.5, 0.6) is 0 Å². The van der Waals surface area contributed by atoms with E-state index in [4.69, 9.17) is 5.11 Å². The molecule has 74 valence electrons. The van der Waals surface area contributed by atoms with Crippen molar-refractivity contribution in [2.75, 3.05) is 13.1 Å². The first-order valence-electron chi connectivity index (χ1n) is 4.34. The Balaban J connectivity index is 0.000000146. The third-order valence-electron chi connectivity index (χ3n) is 1.77. The maximum Gasteiger partial charge on any atom is 0.407 e. The molecule has 3 heteroatoms. The molecule has 1 aromatic carbocycles. The second-order valence-corrected chi connectivity index (χ2v) is 3.04. The van der Waals surface area contributed by atoms with Crippen molar-refractivity contribution in [3.8, 4) is 0 Å². The second kappa shape index (κ2) is 5.07. The van der Waals surface area contributed by atoms with Gasteiger partial charge in [0.15, 0.2) is 0 Å². The molecule has 1 aliphatic rings. The highest BCUT2D eigenvalue weighted by Crippen LogP contribution is 2.10. The molecule has 1 amide bonds. The van der Waals surface area contributed by atoms with Gasteiger partial charge in [-0.25, -0.2) is 4.79 Å². The second-order valence-electron chi connectivity index (χ2n) is 3.04. The van der Waals surface area contributed by atoms with Crippen LogP contribution in [0.1, 0.15) is 0 Å². The summed E-state index contributed by atoms with van der Waals surface area (Å²) in [6.45, 7) is 4.63. The average molecular weight is 191 g/mol. The molecule has 0 aromatic heterocycles. The molecule has 0 aliphatic carbocycles. The summed E-state index contributed by atoms with van der Waals surface area (Å²) in [5.74, 6) is 0. The zero-order chi connectivity index (χ0) is 10.4. The monoisotopic (exact) mass is 191 g/mol. The van der Waals surface area contributed by atoms with Crippen molar-refractivity contribution in [2.24, 2.45) is 0 Å². The molecule has 0 atom stereocenters. The molecule has 1 saturated heterocycles. The lowest BCUT2D eigenvalue weighted by Gasteiger charge is -2.29. The fourth-order valence-electron chi connectivity index (χ4n) is 1.01. The minimum absolute atomic E-state index is 0.523. The summed E-state index contributed by atoms with van der Waals surface area (Å²) in [5, 5.41) is 8.24. The first-order valence-corrected chi connectivity index (χ1v) is 4.34. The maximum atomic E-state index is 10.0. The van der Waals surface area contributed by atoms with Crippen molar-refractivity contribution in [1.29, 1.82) is 0 Å². The van der Waals surface area contributed by atoms with E-state index < -0.39 is 6.09 Å². The Morgan fingerprint density at radius 3 is 1.64 bits per heavy atom. The Hall–Kier alpha value is -1.77. The molecule has 0 radical (unpaired) electrons. The van der Waals surface area contributed by atoms with Crippen LogP contribution >= 0.6 is 0 Å². The molecular formula is C11H13NO2. The molecule has 3 nitrogen and oxygen atoms in total. The molecule has 1 N–H and O–H groups in total. The topological polar surface area (TPSA) is 40.5 Å². The molecule has 0 bridgehead atoms. The Bertz CT molecular complexity index is 274. The van der Waals surface area contributed by atoms with E-state index in [1.165, 1.54) is 4.90 Å². The molecule has 1 fully saturated rings. The lowest BCUT2D eigenvalue weighted by Crippen LogP contribution is -2.42. The Labute approximate surface area is 83.3 Å². The molecule has 1 aliphatic heterocycles. The number of amides is 1. The molecule has 14 heavy (non-hydrogen) atoms. The van der Waals surface area contributed by atoms with Crippen LogP contribution in [-0.4, -0.2) is 29.2 Å². The van der Waals surface area contributed by atoms with E-state index >= 15 is 0 Å². The van der Waals surface area contributed by atoms with Gasteiger partial charge in [0.05, 0.1) is 0 Å². The van der Waals surface area contributed by atoms with E-state index in [0.717, 1.165) is 5.57 Å². The van der Waals surface area contributed by atoms with Crippen LogP contribution in [0.3, 0.4) is 0 Å². The number of benzene rings is 1. The van der Waals surface area contributed by atoms with Gasteiger partial charge in [-0.05, 0) is 5.57 Å². The highest BCUT2D eigenvalue weighted by molar-refractivity contribution is 5.67. The van der Waals surface area contributed by atoms with Crippen molar-refractivity contribution in [1.82, 2.24) is 4.90 Å². The largest absolute Gasteiger partial charge is 0.465 e. The molecule has 1 heterocycles. The van der Waals surface area contributed by atoms with Crippen LogP contribution in [0.4, 0.5) is 4.79 Å². The molecule has 0 saturated carbocycles. The van der Waals surface area contributed by atoms with E-state index in [1.54, 1.807) is 0 Å². The average Bonchev–Trinajstić information content (AvgIpc) is 2.16. The van der Waals surface area contributed by atoms with Gasteiger partial charge in [-0.3, -0.25) is 0 Å². The predicted octanol–water partition coefficient (Wildman–Crippen LogP) is 2.22. The molecule has 1 aromatic rings. The fraction of sp³-hybridized carbons (Fsp3) is 0.182. The number of hydrogen-bond donors (Lipinski definition) is 1. The lowest BCUT2D eigenvalue weighted by molar-refractivity contribution is 0.138. The predicted molar refractivity (Wildman–Crippen MR) is 55.2 cm³/mol. The maximum absolute atomic E-state index is 10.0. The van der Waals surface area contributed by atoms with Gasteiger partial charge in [0, 0.05) is 13.1 Å². The highest BCUT2D eigenvalue weighted by Gasteiger charge is 2.21. The number of hydrogen-bond acceptors (Lipinski definition) is 1. The van der Waals surface area contributed by atoms with Crippen molar-refractivity contribution in [3.05, 3.63) is 48.6 Å². The minimum Gasteiger partial charge on any atom is -0.465 e. The first-order chi connectivity index (χ1) is 6.70. The van der Waals surface area contributed by atoms with Crippen molar-refractivity contribution in [3.63, 3.8) is 0 Å². The summed E-state index contributed by atoms with van der Waals surface area (Å²) in [6, 6.07) is 12.0. The van der Waals surface area contributed by atoms with Gasteiger partial charge in [-0.1, -0.05) is 43.0 Å². The van der Waals surface area contributed by atoms with Crippen LogP contribution in [0.2, 0.25) is 0 Å². The number of nitrogens with zero attached hydrogens (tertiary/aromatic N) is 1. The standard InChI is InChI=1S/C6H6.C5H7NO2/c1-2-4-6-5-3-1;1-4-2-6(3-4)5(7)8/h1-6H;1-3H2,(H,7,8). The van der Waals surface area contributed by atoms with E-state index in [1.807, 2.05) is 36.4 Å². The van der Waals surface area contributed by atoms with Crippen molar-refractivity contribution < 1.29 is 9.90 Å². The molecular weight excluding hydrogens is 178 g/mol. The van der Waals surface area contributed by atoms with Gasteiger partial charge in [0.1, 0.15) is 0 Å². The van der Waals surface area contributed by atoms with E-state index in [0.29, 0.717) is 13.1 Å². The summed E-state index contributed by atoms with van der Waals surface area (Å²) in [6.07, 6.45) is -0.850. The Kier molecular flexibility index (Phi) is 3.73.